The number of aryl methyl sites for hydroxylation is 1. The number of hydrogen-bond donors (Lipinski definition) is 0. The lowest BCUT2D eigenvalue weighted by atomic mass is 10.1. The Morgan fingerprint density at radius 3 is 2.20 bits per heavy atom. The van der Waals surface area contributed by atoms with E-state index in [1.807, 2.05) is 23.1 Å². The van der Waals surface area contributed by atoms with E-state index in [1.165, 1.54) is 17.8 Å². The molecule has 0 saturated carbocycles. The number of piperazine rings is 1. The minimum atomic E-state index is -0.416. The number of carbonyl (C=O) groups excluding carboxylic acids is 1. The summed E-state index contributed by atoms with van der Waals surface area (Å²) in [7, 11) is 0. The topological polar surface area (TPSA) is 66.7 Å². The van der Waals surface area contributed by atoms with Gasteiger partial charge in [0.05, 0.1) is 4.92 Å². The van der Waals surface area contributed by atoms with Crippen LogP contribution >= 0.6 is 0 Å². The van der Waals surface area contributed by atoms with Crippen LogP contribution in [0, 0.1) is 10.1 Å². The van der Waals surface area contributed by atoms with Gasteiger partial charge in [-0.15, -0.1) is 0 Å². The summed E-state index contributed by atoms with van der Waals surface area (Å²) in [4.78, 5) is 26.8. The first kappa shape index (κ1) is 17.0. The molecule has 1 aliphatic heterocycles. The van der Waals surface area contributed by atoms with Crippen molar-refractivity contribution in [2.75, 3.05) is 31.1 Å². The number of nitrogens with zero attached hydrogens (tertiary/aromatic N) is 3. The molecule has 0 aliphatic carbocycles. The number of amides is 1. The Bertz CT molecular complexity index is 723. The van der Waals surface area contributed by atoms with Gasteiger partial charge < -0.3 is 9.80 Å². The molecule has 2 aromatic rings. The van der Waals surface area contributed by atoms with E-state index in [9.17, 15) is 14.9 Å². The Kier molecular flexibility index (Phi) is 5.28. The van der Waals surface area contributed by atoms with Gasteiger partial charge in [-0.3, -0.25) is 14.9 Å². The van der Waals surface area contributed by atoms with Gasteiger partial charge in [0, 0.05) is 50.4 Å². The van der Waals surface area contributed by atoms with Crippen LogP contribution in [0.4, 0.5) is 11.4 Å². The third-order valence-corrected chi connectivity index (χ3v) is 4.53. The highest BCUT2D eigenvalue weighted by atomic mass is 16.6. The van der Waals surface area contributed by atoms with Crippen LogP contribution in [0.15, 0.2) is 54.6 Å². The average molecular weight is 339 g/mol. The van der Waals surface area contributed by atoms with E-state index in [1.54, 1.807) is 12.1 Å². The van der Waals surface area contributed by atoms with E-state index in [-0.39, 0.29) is 11.6 Å². The standard InChI is InChI=1S/C19H21N3O3/c23-19(11-8-16-6-9-18(10-7-16)22(24)25)21-14-12-20(13-15-21)17-4-2-1-3-5-17/h1-7,9-10H,8,11-15H2. The molecule has 0 spiro atoms. The summed E-state index contributed by atoms with van der Waals surface area (Å²) in [6.45, 7) is 3.14. The first-order valence-corrected chi connectivity index (χ1v) is 8.44. The Labute approximate surface area is 146 Å². The molecule has 1 amide bonds. The molecule has 1 fully saturated rings. The van der Waals surface area contributed by atoms with Crippen molar-refractivity contribution >= 4 is 17.3 Å². The first-order valence-electron chi connectivity index (χ1n) is 8.44. The van der Waals surface area contributed by atoms with Crippen molar-refractivity contribution in [2.24, 2.45) is 0 Å². The molecule has 0 radical (unpaired) electrons. The maximum atomic E-state index is 12.4. The minimum absolute atomic E-state index is 0.0760. The van der Waals surface area contributed by atoms with Crippen molar-refractivity contribution in [3.05, 3.63) is 70.3 Å². The van der Waals surface area contributed by atoms with Gasteiger partial charge in [0.2, 0.25) is 5.91 Å². The molecule has 25 heavy (non-hydrogen) atoms. The van der Waals surface area contributed by atoms with Crippen molar-refractivity contribution in [3.63, 3.8) is 0 Å². The predicted molar refractivity (Wildman–Crippen MR) is 96.7 cm³/mol. The maximum Gasteiger partial charge on any atom is 0.269 e. The molecule has 1 saturated heterocycles. The highest BCUT2D eigenvalue weighted by Crippen LogP contribution is 2.17. The zero-order chi connectivity index (χ0) is 17.6. The predicted octanol–water partition coefficient (Wildman–Crippen LogP) is 2.88. The van der Waals surface area contributed by atoms with E-state index in [0.717, 1.165) is 31.7 Å². The fourth-order valence-electron chi connectivity index (χ4n) is 3.05. The fourth-order valence-corrected chi connectivity index (χ4v) is 3.05. The minimum Gasteiger partial charge on any atom is -0.368 e. The van der Waals surface area contributed by atoms with Crippen molar-refractivity contribution < 1.29 is 9.72 Å². The summed E-state index contributed by atoms with van der Waals surface area (Å²) in [6.07, 6.45) is 1.04. The summed E-state index contributed by atoms with van der Waals surface area (Å²) in [5, 5.41) is 10.7. The second-order valence-corrected chi connectivity index (χ2v) is 6.13. The van der Waals surface area contributed by atoms with Gasteiger partial charge in [0.25, 0.3) is 5.69 Å². The number of non-ortho nitro benzene ring substituents is 1. The molecule has 1 heterocycles. The zero-order valence-electron chi connectivity index (χ0n) is 14.0. The lowest BCUT2D eigenvalue weighted by Crippen LogP contribution is -2.48. The molecule has 130 valence electrons. The lowest BCUT2D eigenvalue weighted by Gasteiger charge is -2.36. The second-order valence-electron chi connectivity index (χ2n) is 6.13. The number of carbonyl (C=O) groups is 1. The molecule has 0 aromatic heterocycles. The molecule has 0 unspecified atom stereocenters. The van der Waals surface area contributed by atoms with E-state index in [4.69, 9.17) is 0 Å². The van der Waals surface area contributed by atoms with Gasteiger partial charge >= 0.3 is 0 Å². The fraction of sp³-hybridized carbons (Fsp3) is 0.316. The number of rotatable bonds is 5. The summed E-state index contributed by atoms with van der Waals surface area (Å²) in [5.41, 5.74) is 2.22. The Hall–Kier alpha value is -2.89. The molecule has 6 heteroatoms. The quantitative estimate of drug-likeness (QED) is 0.620. The summed E-state index contributed by atoms with van der Waals surface area (Å²) < 4.78 is 0. The second kappa shape index (κ2) is 7.79. The van der Waals surface area contributed by atoms with Gasteiger partial charge in [-0.25, -0.2) is 0 Å². The van der Waals surface area contributed by atoms with Gasteiger partial charge in [0.15, 0.2) is 0 Å². The molecular formula is C19H21N3O3. The normalized spacial score (nSPS) is 14.4. The van der Waals surface area contributed by atoms with Crippen LogP contribution in [0.3, 0.4) is 0 Å². The smallest absolute Gasteiger partial charge is 0.269 e. The van der Waals surface area contributed by atoms with Crippen LogP contribution in [-0.4, -0.2) is 41.9 Å². The molecular weight excluding hydrogens is 318 g/mol. The van der Waals surface area contributed by atoms with Crippen molar-refractivity contribution in [1.82, 2.24) is 4.90 Å². The molecule has 0 atom stereocenters. The van der Waals surface area contributed by atoms with Gasteiger partial charge in [-0.05, 0) is 24.1 Å². The van der Waals surface area contributed by atoms with Crippen LogP contribution in [0.25, 0.3) is 0 Å². The van der Waals surface area contributed by atoms with E-state index < -0.39 is 4.92 Å². The number of hydrogen-bond acceptors (Lipinski definition) is 4. The van der Waals surface area contributed by atoms with Crippen molar-refractivity contribution in [3.8, 4) is 0 Å². The largest absolute Gasteiger partial charge is 0.368 e. The van der Waals surface area contributed by atoms with Gasteiger partial charge in [-0.2, -0.15) is 0 Å². The molecule has 0 bridgehead atoms. The number of para-hydroxylation sites is 1. The van der Waals surface area contributed by atoms with Crippen molar-refractivity contribution in [1.29, 1.82) is 0 Å². The third-order valence-electron chi connectivity index (χ3n) is 4.53. The molecule has 0 N–H and O–H groups in total. The lowest BCUT2D eigenvalue weighted by molar-refractivity contribution is -0.384. The van der Waals surface area contributed by atoms with Crippen LogP contribution in [0.1, 0.15) is 12.0 Å². The number of nitro benzene ring substituents is 1. The monoisotopic (exact) mass is 339 g/mol. The van der Waals surface area contributed by atoms with Gasteiger partial charge in [-0.1, -0.05) is 30.3 Å². The average Bonchev–Trinajstić information content (AvgIpc) is 2.67. The molecule has 1 aliphatic rings. The highest BCUT2D eigenvalue weighted by Gasteiger charge is 2.20. The Morgan fingerprint density at radius 1 is 0.960 bits per heavy atom. The molecule has 6 nitrogen and oxygen atoms in total. The highest BCUT2D eigenvalue weighted by molar-refractivity contribution is 5.76. The number of benzene rings is 2. The van der Waals surface area contributed by atoms with Crippen LogP contribution in [0.5, 0.6) is 0 Å². The Balaban J connectivity index is 1.47. The SMILES string of the molecule is O=C(CCc1ccc([N+](=O)[O-])cc1)N1CCN(c2ccccc2)CC1. The number of anilines is 1. The van der Waals surface area contributed by atoms with E-state index >= 15 is 0 Å². The van der Waals surface area contributed by atoms with Gasteiger partial charge in [0.1, 0.15) is 0 Å². The summed E-state index contributed by atoms with van der Waals surface area (Å²) >= 11 is 0. The summed E-state index contributed by atoms with van der Waals surface area (Å²) in [6, 6.07) is 16.6. The zero-order valence-corrected chi connectivity index (χ0v) is 14.0. The van der Waals surface area contributed by atoms with Crippen molar-refractivity contribution in [2.45, 2.75) is 12.8 Å². The van der Waals surface area contributed by atoms with Crippen LogP contribution in [-0.2, 0) is 11.2 Å². The van der Waals surface area contributed by atoms with Crippen LogP contribution in [0.2, 0.25) is 0 Å². The number of nitro groups is 1. The Morgan fingerprint density at radius 2 is 1.60 bits per heavy atom. The first-order chi connectivity index (χ1) is 12.1. The van der Waals surface area contributed by atoms with E-state index in [0.29, 0.717) is 12.8 Å². The maximum absolute atomic E-state index is 12.4. The molecule has 3 rings (SSSR count). The van der Waals surface area contributed by atoms with Crippen LogP contribution < -0.4 is 4.90 Å². The van der Waals surface area contributed by atoms with E-state index in [2.05, 4.69) is 17.0 Å². The molecule has 2 aromatic carbocycles. The summed E-state index contributed by atoms with van der Waals surface area (Å²) in [5.74, 6) is 0.145. The third kappa shape index (κ3) is 4.35.